The molecule has 0 amide bonds. The predicted molar refractivity (Wildman–Crippen MR) is 51.1 cm³/mol. The van der Waals surface area contributed by atoms with Crippen molar-refractivity contribution in [1.29, 1.82) is 0 Å². The highest BCUT2D eigenvalue weighted by atomic mass is 16.5. The number of ether oxygens (including phenoxy) is 1. The van der Waals surface area contributed by atoms with E-state index in [1.807, 2.05) is 4.90 Å². The Balaban J connectivity index is 2.24. The van der Waals surface area contributed by atoms with E-state index in [2.05, 4.69) is 9.97 Å². The minimum atomic E-state index is -0.0823. The van der Waals surface area contributed by atoms with Crippen molar-refractivity contribution in [2.24, 2.45) is 0 Å². The molecule has 0 bridgehead atoms. The second-order valence-electron chi connectivity index (χ2n) is 3.04. The van der Waals surface area contributed by atoms with E-state index in [1.54, 1.807) is 0 Å². The molecule has 0 spiro atoms. The van der Waals surface area contributed by atoms with Crippen molar-refractivity contribution in [2.45, 2.75) is 0 Å². The lowest BCUT2D eigenvalue weighted by Gasteiger charge is -2.27. The van der Waals surface area contributed by atoms with Crippen LogP contribution in [-0.4, -0.2) is 41.4 Å². The molecule has 14 heavy (non-hydrogen) atoms. The molecule has 1 fully saturated rings. The molecule has 6 nitrogen and oxygen atoms in total. The fourth-order valence-corrected chi connectivity index (χ4v) is 1.37. The van der Waals surface area contributed by atoms with Gasteiger partial charge in [0.25, 0.3) is 5.88 Å². The molecule has 0 aliphatic carbocycles. The van der Waals surface area contributed by atoms with Crippen LogP contribution >= 0.6 is 0 Å². The SMILES string of the molecule is Nc1cnc(O)c(N2CCOCC2)n1. The summed E-state index contributed by atoms with van der Waals surface area (Å²) in [5, 5.41) is 9.48. The van der Waals surface area contributed by atoms with Gasteiger partial charge in [0.2, 0.25) is 0 Å². The van der Waals surface area contributed by atoms with Gasteiger partial charge in [-0.3, -0.25) is 0 Å². The Labute approximate surface area is 81.3 Å². The van der Waals surface area contributed by atoms with Gasteiger partial charge in [-0.1, -0.05) is 0 Å². The maximum Gasteiger partial charge on any atom is 0.255 e. The highest BCUT2D eigenvalue weighted by Crippen LogP contribution is 2.23. The second kappa shape index (κ2) is 3.67. The van der Waals surface area contributed by atoms with E-state index in [-0.39, 0.29) is 5.88 Å². The Bertz CT molecular complexity index is 325. The Morgan fingerprint density at radius 3 is 2.86 bits per heavy atom. The molecule has 2 rings (SSSR count). The molecular weight excluding hydrogens is 184 g/mol. The van der Waals surface area contributed by atoms with Gasteiger partial charge in [0, 0.05) is 13.1 Å². The van der Waals surface area contributed by atoms with Crippen LogP contribution < -0.4 is 10.6 Å². The lowest BCUT2D eigenvalue weighted by molar-refractivity contribution is 0.122. The van der Waals surface area contributed by atoms with E-state index >= 15 is 0 Å². The third-order valence-corrected chi connectivity index (χ3v) is 2.06. The van der Waals surface area contributed by atoms with Gasteiger partial charge < -0.3 is 20.5 Å². The Kier molecular flexibility index (Phi) is 2.36. The summed E-state index contributed by atoms with van der Waals surface area (Å²) in [6.45, 7) is 2.67. The summed E-state index contributed by atoms with van der Waals surface area (Å²) < 4.78 is 5.19. The van der Waals surface area contributed by atoms with Crippen molar-refractivity contribution in [3.63, 3.8) is 0 Å². The van der Waals surface area contributed by atoms with Gasteiger partial charge in [-0.15, -0.1) is 0 Å². The largest absolute Gasteiger partial charge is 0.491 e. The summed E-state index contributed by atoms with van der Waals surface area (Å²) in [6.07, 6.45) is 1.33. The first-order valence-electron chi connectivity index (χ1n) is 4.41. The molecule has 1 aromatic rings. The van der Waals surface area contributed by atoms with Crippen molar-refractivity contribution in [3.8, 4) is 5.88 Å². The summed E-state index contributed by atoms with van der Waals surface area (Å²) in [7, 11) is 0. The average molecular weight is 196 g/mol. The Morgan fingerprint density at radius 1 is 1.43 bits per heavy atom. The topological polar surface area (TPSA) is 84.5 Å². The number of nitrogens with two attached hydrogens (primary N) is 1. The minimum absolute atomic E-state index is 0.0823. The molecule has 6 heteroatoms. The van der Waals surface area contributed by atoms with Crippen molar-refractivity contribution < 1.29 is 9.84 Å². The number of nitrogen functional groups attached to an aromatic ring is 1. The fraction of sp³-hybridized carbons (Fsp3) is 0.500. The Hall–Kier alpha value is -1.56. The lowest BCUT2D eigenvalue weighted by atomic mass is 10.4. The standard InChI is InChI=1S/C8H12N4O2/c9-6-5-10-8(13)7(11-6)12-1-3-14-4-2-12/h5H,1-4H2,(H2,9,11)(H,10,13). The minimum Gasteiger partial charge on any atom is -0.491 e. The van der Waals surface area contributed by atoms with E-state index in [0.29, 0.717) is 37.9 Å². The third-order valence-electron chi connectivity index (χ3n) is 2.06. The fourth-order valence-electron chi connectivity index (χ4n) is 1.37. The predicted octanol–water partition coefficient (Wildman–Crippen LogP) is -0.399. The molecule has 76 valence electrons. The van der Waals surface area contributed by atoms with Gasteiger partial charge in [0.1, 0.15) is 5.82 Å². The maximum atomic E-state index is 9.48. The number of rotatable bonds is 1. The van der Waals surface area contributed by atoms with Crippen LogP contribution in [0.4, 0.5) is 11.6 Å². The third kappa shape index (κ3) is 1.69. The van der Waals surface area contributed by atoms with E-state index in [1.165, 1.54) is 6.20 Å². The summed E-state index contributed by atoms with van der Waals surface area (Å²) in [5.74, 6) is 0.665. The zero-order valence-electron chi connectivity index (χ0n) is 7.68. The maximum absolute atomic E-state index is 9.48. The van der Waals surface area contributed by atoms with E-state index in [9.17, 15) is 5.11 Å². The first kappa shape index (κ1) is 9.01. The molecule has 3 N–H and O–H groups in total. The van der Waals surface area contributed by atoms with Crippen LogP contribution in [0.5, 0.6) is 5.88 Å². The van der Waals surface area contributed by atoms with Crippen LogP contribution in [-0.2, 0) is 4.74 Å². The van der Waals surface area contributed by atoms with Crippen molar-refractivity contribution in [3.05, 3.63) is 6.20 Å². The van der Waals surface area contributed by atoms with Crippen LogP contribution in [0.1, 0.15) is 0 Å². The first-order valence-corrected chi connectivity index (χ1v) is 4.41. The number of hydrogen-bond donors (Lipinski definition) is 2. The molecule has 2 heterocycles. The highest BCUT2D eigenvalue weighted by molar-refractivity contribution is 5.51. The van der Waals surface area contributed by atoms with Gasteiger partial charge in [0.05, 0.1) is 19.4 Å². The number of aromatic nitrogens is 2. The molecule has 0 aromatic carbocycles. The van der Waals surface area contributed by atoms with Crippen molar-refractivity contribution in [1.82, 2.24) is 9.97 Å². The van der Waals surface area contributed by atoms with Gasteiger partial charge in [-0.2, -0.15) is 0 Å². The lowest BCUT2D eigenvalue weighted by Crippen LogP contribution is -2.37. The second-order valence-corrected chi connectivity index (χ2v) is 3.04. The summed E-state index contributed by atoms with van der Waals surface area (Å²) in [4.78, 5) is 9.68. The molecule has 1 aliphatic heterocycles. The summed E-state index contributed by atoms with van der Waals surface area (Å²) in [6, 6.07) is 0. The summed E-state index contributed by atoms with van der Waals surface area (Å²) >= 11 is 0. The van der Waals surface area contributed by atoms with Gasteiger partial charge >= 0.3 is 0 Å². The van der Waals surface area contributed by atoms with Crippen LogP contribution in [0.25, 0.3) is 0 Å². The molecule has 0 unspecified atom stereocenters. The van der Waals surface area contributed by atoms with E-state index in [0.717, 1.165) is 0 Å². The van der Waals surface area contributed by atoms with Gasteiger partial charge in [-0.25, -0.2) is 9.97 Å². The molecule has 1 aliphatic rings. The Morgan fingerprint density at radius 2 is 2.14 bits per heavy atom. The monoisotopic (exact) mass is 196 g/mol. The molecule has 0 saturated carbocycles. The molecule has 0 radical (unpaired) electrons. The number of morpholine rings is 1. The zero-order valence-corrected chi connectivity index (χ0v) is 7.68. The summed E-state index contributed by atoms with van der Waals surface area (Å²) in [5.41, 5.74) is 5.49. The number of anilines is 2. The number of nitrogens with zero attached hydrogens (tertiary/aromatic N) is 3. The average Bonchev–Trinajstić information content (AvgIpc) is 2.23. The quantitative estimate of drug-likeness (QED) is 0.635. The molecule has 1 saturated heterocycles. The smallest absolute Gasteiger partial charge is 0.255 e. The van der Waals surface area contributed by atoms with E-state index in [4.69, 9.17) is 10.5 Å². The highest BCUT2D eigenvalue weighted by Gasteiger charge is 2.16. The molecule has 1 aromatic heterocycles. The first-order chi connectivity index (χ1) is 6.77. The van der Waals surface area contributed by atoms with Crippen molar-refractivity contribution in [2.75, 3.05) is 36.9 Å². The van der Waals surface area contributed by atoms with Crippen molar-refractivity contribution >= 4 is 11.6 Å². The molecule has 0 atom stereocenters. The van der Waals surface area contributed by atoms with E-state index < -0.39 is 0 Å². The zero-order chi connectivity index (χ0) is 9.97. The van der Waals surface area contributed by atoms with Gasteiger partial charge in [0.15, 0.2) is 5.82 Å². The van der Waals surface area contributed by atoms with Gasteiger partial charge in [-0.05, 0) is 0 Å². The van der Waals surface area contributed by atoms with Crippen LogP contribution in [0.15, 0.2) is 6.20 Å². The normalized spacial score (nSPS) is 17.0. The van der Waals surface area contributed by atoms with Crippen LogP contribution in [0.2, 0.25) is 0 Å². The molecular formula is C8H12N4O2. The number of aromatic hydroxyl groups is 1. The van der Waals surface area contributed by atoms with Crippen LogP contribution in [0.3, 0.4) is 0 Å². The van der Waals surface area contributed by atoms with Crippen LogP contribution in [0, 0.1) is 0 Å². The number of hydrogen-bond acceptors (Lipinski definition) is 6.